The van der Waals surface area contributed by atoms with Crippen LogP contribution in [0.1, 0.15) is 26.2 Å². The Morgan fingerprint density at radius 3 is 3.09 bits per heavy atom. The Labute approximate surface area is 66.7 Å². The Balaban J connectivity index is 2.21. The lowest BCUT2D eigenvalue weighted by molar-refractivity contribution is -0.154. The zero-order chi connectivity index (χ0) is 8.10. The minimum Gasteiger partial charge on any atom is -0.353 e. The maximum Gasteiger partial charge on any atom is 0.158 e. The van der Waals surface area contributed by atoms with Gasteiger partial charge in [-0.25, -0.2) is 0 Å². The highest BCUT2D eigenvalue weighted by Crippen LogP contribution is 2.15. The van der Waals surface area contributed by atoms with E-state index in [0.717, 1.165) is 32.2 Å². The normalized spacial score (nSPS) is 26.8. The number of ether oxygens (including phenoxy) is 2. The molecule has 0 spiro atoms. The molecule has 0 aliphatic carbocycles. The minimum absolute atomic E-state index is 0.134. The van der Waals surface area contributed by atoms with E-state index in [-0.39, 0.29) is 12.4 Å². The number of carbonyl (C=O) groups excluding carboxylic acids is 1. The molecule has 1 aliphatic rings. The topological polar surface area (TPSA) is 35.5 Å². The second-order valence-corrected chi connectivity index (χ2v) is 2.66. The van der Waals surface area contributed by atoms with Crippen LogP contribution in [0.2, 0.25) is 0 Å². The van der Waals surface area contributed by atoms with Crippen molar-refractivity contribution in [2.45, 2.75) is 38.6 Å². The molecule has 2 atom stereocenters. The lowest BCUT2D eigenvalue weighted by atomic mass is 10.3. The van der Waals surface area contributed by atoms with Gasteiger partial charge in [0.1, 0.15) is 12.4 Å². The van der Waals surface area contributed by atoms with Crippen LogP contribution in [0.5, 0.6) is 0 Å². The second kappa shape index (κ2) is 4.46. The van der Waals surface area contributed by atoms with E-state index in [1.807, 2.05) is 6.92 Å². The predicted octanol–water partition coefficient (Wildman–Crippen LogP) is 1.12. The summed E-state index contributed by atoms with van der Waals surface area (Å²) in [5, 5.41) is 0. The van der Waals surface area contributed by atoms with Crippen LogP contribution >= 0.6 is 0 Å². The van der Waals surface area contributed by atoms with E-state index in [2.05, 4.69) is 0 Å². The fourth-order valence-electron chi connectivity index (χ4n) is 1.07. The molecule has 0 aromatic carbocycles. The van der Waals surface area contributed by atoms with Crippen molar-refractivity contribution in [2.75, 3.05) is 6.61 Å². The van der Waals surface area contributed by atoms with Crippen molar-refractivity contribution in [2.24, 2.45) is 0 Å². The van der Waals surface area contributed by atoms with Gasteiger partial charge in [-0.3, -0.25) is 0 Å². The molecule has 0 bridgehead atoms. The Bertz CT molecular complexity index is 119. The Morgan fingerprint density at radius 2 is 2.64 bits per heavy atom. The van der Waals surface area contributed by atoms with Crippen molar-refractivity contribution >= 4 is 6.29 Å². The number of carbonyl (C=O) groups is 1. The molecule has 2 unspecified atom stereocenters. The maximum absolute atomic E-state index is 10.3. The van der Waals surface area contributed by atoms with Gasteiger partial charge in [-0.2, -0.15) is 0 Å². The Morgan fingerprint density at radius 1 is 1.82 bits per heavy atom. The van der Waals surface area contributed by atoms with E-state index in [4.69, 9.17) is 9.47 Å². The first-order chi connectivity index (χ1) is 5.36. The summed E-state index contributed by atoms with van der Waals surface area (Å²) in [5.74, 6) is 0. The van der Waals surface area contributed by atoms with Crippen LogP contribution in [0.15, 0.2) is 0 Å². The first-order valence-corrected chi connectivity index (χ1v) is 4.09. The third-order valence-corrected chi connectivity index (χ3v) is 1.77. The summed E-state index contributed by atoms with van der Waals surface area (Å²) in [7, 11) is 0. The average molecular weight is 158 g/mol. The molecule has 3 heteroatoms. The third-order valence-electron chi connectivity index (χ3n) is 1.77. The summed E-state index contributed by atoms with van der Waals surface area (Å²) in [4.78, 5) is 10.3. The lowest BCUT2D eigenvalue weighted by Gasteiger charge is -2.14. The van der Waals surface area contributed by atoms with Gasteiger partial charge in [0.25, 0.3) is 0 Å². The van der Waals surface area contributed by atoms with Gasteiger partial charge in [-0.05, 0) is 12.8 Å². The monoisotopic (exact) mass is 158 g/mol. The summed E-state index contributed by atoms with van der Waals surface area (Å²) in [5.41, 5.74) is 0. The van der Waals surface area contributed by atoms with Gasteiger partial charge in [0.2, 0.25) is 0 Å². The molecule has 64 valence electrons. The highest BCUT2D eigenvalue weighted by atomic mass is 16.7. The van der Waals surface area contributed by atoms with Crippen LogP contribution in [-0.4, -0.2) is 25.3 Å². The van der Waals surface area contributed by atoms with Gasteiger partial charge in [-0.1, -0.05) is 6.92 Å². The van der Waals surface area contributed by atoms with Crippen LogP contribution in [0, 0.1) is 0 Å². The fourth-order valence-corrected chi connectivity index (χ4v) is 1.07. The number of hydrogen-bond donors (Lipinski definition) is 0. The summed E-state index contributed by atoms with van der Waals surface area (Å²) in [6.07, 6.45) is 3.11. The first kappa shape index (κ1) is 8.68. The molecular formula is C8H14O3. The standard InChI is InChI=1S/C8H14O3/c1-2-7(6-9)11-8-4-3-5-10-8/h6-8H,2-5H2,1H3. The summed E-state index contributed by atoms with van der Waals surface area (Å²) < 4.78 is 10.5. The third kappa shape index (κ3) is 2.60. The van der Waals surface area contributed by atoms with Crippen LogP contribution < -0.4 is 0 Å². The molecule has 0 aromatic rings. The molecule has 3 nitrogen and oxygen atoms in total. The van der Waals surface area contributed by atoms with Crippen molar-refractivity contribution < 1.29 is 14.3 Å². The minimum atomic E-state index is -0.280. The Hall–Kier alpha value is -0.410. The molecule has 0 amide bonds. The van der Waals surface area contributed by atoms with E-state index in [9.17, 15) is 4.79 Å². The molecule has 0 saturated carbocycles. The van der Waals surface area contributed by atoms with Crippen LogP contribution in [0.3, 0.4) is 0 Å². The number of hydrogen-bond acceptors (Lipinski definition) is 3. The first-order valence-electron chi connectivity index (χ1n) is 4.09. The highest BCUT2D eigenvalue weighted by Gasteiger charge is 2.19. The molecule has 1 saturated heterocycles. The smallest absolute Gasteiger partial charge is 0.158 e. The van der Waals surface area contributed by atoms with Crippen molar-refractivity contribution in [1.82, 2.24) is 0 Å². The van der Waals surface area contributed by atoms with Gasteiger partial charge in [0.05, 0.1) is 0 Å². The molecule has 0 N–H and O–H groups in total. The van der Waals surface area contributed by atoms with Crippen molar-refractivity contribution in [3.8, 4) is 0 Å². The van der Waals surface area contributed by atoms with Gasteiger partial charge in [0.15, 0.2) is 6.29 Å². The summed E-state index contributed by atoms with van der Waals surface area (Å²) in [6, 6.07) is 0. The van der Waals surface area contributed by atoms with Crippen molar-refractivity contribution in [1.29, 1.82) is 0 Å². The molecular weight excluding hydrogens is 144 g/mol. The number of rotatable bonds is 4. The zero-order valence-electron chi connectivity index (χ0n) is 6.79. The zero-order valence-corrected chi connectivity index (χ0v) is 6.79. The maximum atomic E-state index is 10.3. The van der Waals surface area contributed by atoms with Gasteiger partial charge < -0.3 is 14.3 Å². The summed E-state index contributed by atoms with van der Waals surface area (Å²) >= 11 is 0. The molecule has 1 aliphatic heterocycles. The van der Waals surface area contributed by atoms with Crippen LogP contribution in [-0.2, 0) is 14.3 Å². The molecule has 1 heterocycles. The highest BCUT2D eigenvalue weighted by molar-refractivity contribution is 5.55. The molecule has 1 fully saturated rings. The van der Waals surface area contributed by atoms with Gasteiger partial charge >= 0.3 is 0 Å². The predicted molar refractivity (Wildman–Crippen MR) is 40.2 cm³/mol. The molecule has 1 rings (SSSR count). The van der Waals surface area contributed by atoms with E-state index in [1.165, 1.54) is 0 Å². The largest absolute Gasteiger partial charge is 0.353 e. The van der Waals surface area contributed by atoms with Crippen molar-refractivity contribution in [3.05, 3.63) is 0 Å². The molecule has 0 radical (unpaired) electrons. The van der Waals surface area contributed by atoms with Gasteiger partial charge in [-0.15, -0.1) is 0 Å². The SMILES string of the molecule is CCC(C=O)OC1CCCO1. The average Bonchev–Trinajstić information content (AvgIpc) is 2.52. The fraction of sp³-hybridized carbons (Fsp3) is 0.875. The quantitative estimate of drug-likeness (QED) is 0.575. The molecule has 11 heavy (non-hydrogen) atoms. The summed E-state index contributed by atoms with van der Waals surface area (Å²) in [6.45, 7) is 2.69. The second-order valence-electron chi connectivity index (χ2n) is 2.66. The van der Waals surface area contributed by atoms with E-state index in [0.29, 0.717) is 0 Å². The van der Waals surface area contributed by atoms with Crippen molar-refractivity contribution in [3.63, 3.8) is 0 Å². The van der Waals surface area contributed by atoms with E-state index in [1.54, 1.807) is 0 Å². The van der Waals surface area contributed by atoms with E-state index < -0.39 is 0 Å². The molecule has 0 aromatic heterocycles. The van der Waals surface area contributed by atoms with Gasteiger partial charge in [0, 0.05) is 13.0 Å². The Kier molecular flexibility index (Phi) is 3.52. The van der Waals surface area contributed by atoms with Crippen LogP contribution in [0.25, 0.3) is 0 Å². The lowest BCUT2D eigenvalue weighted by Crippen LogP contribution is -2.21. The van der Waals surface area contributed by atoms with E-state index >= 15 is 0 Å². The number of aldehydes is 1. The van der Waals surface area contributed by atoms with Crippen LogP contribution in [0.4, 0.5) is 0 Å².